The van der Waals surface area contributed by atoms with E-state index in [0.717, 1.165) is 18.7 Å². The van der Waals surface area contributed by atoms with Crippen LogP contribution in [0.2, 0.25) is 0 Å². The van der Waals surface area contributed by atoms with Crippen LogP contribution in [0.25, 0.3) is 0 Å². The van der Waals surface area contributed by atoms with Crippen LogP contribution in [0.1, 0.15) is 18.3 Å². The Morgan fingerprint density at radius 2 is 1.90 bits per heavy atom. The zero-order valence-electron chi connectivity index (χ0n) is 12.1. The van der Waals surface area contributed by atoms with E-state index in [1.165, 1.54) is 11.0 Å². The molecule has 7 nitrogen and oxygen atoms in total. The van der Waals surface area contributed by atoms with Crippen LogP contribution in [-0.4, -0.2) is 29.7 Å². The van der Waals surface area contributed by atoms with Crippen LogP contribution in [0.3, 0.4) is 0 Å². The van der Waals surface area contributed by atoms with E-state index in [4.69, 9.17) is 0 Å². The Morgan fingerprint density at radius 1 is 1.19 bits per heavy atom. The molecule has 1 aromatic heterocycles. The number of nitrogens with zero attached hydrogens (tertiary/aromatic N) is 3. The third-order valence-electron chi connectivity index (χ3n) is 2.88. The predicted octanol–water partition coefficient (Wildman–Crippen LogP) is 0.403. The third-order valence-corrected chi connectivity index (χ3v) is 4.30. The van der Waals surface area contributed by atoms with Crippen LogP contribution in [0.5, 0.6) is 0 Å². The first-order valence-corrected chi connectivity index (χ1v) is 8.13. The minimum atomic E-state index is -3.55. The zero-order valence-corrected chi connectivity index (χ0v) is 12.9. The largest absolute Gasteiger partial charge is 0.313 e. The second kappa shape index (κ2) is 6.79. The van der Waals surface area contributed by atoms with Gasteiger partial charge < -0.3 is 5.32 Å². The molecule has 0 amide bonds. The van der Waals surface area contributed by atoms with Crippen molar-refractivity contribution in [1.82, 2.24) is 24.8 Å². The zero-order chi connectivity index (χ0) is 15.3. The molecule has 2 aromatic rings. The first-order chi connectivity index (χ1) is 10.0. The molecule has 0 atom stereocenters. The van der Waals surface area contributed by atoms with Crippen LogP contribution in [0.15, 0.2) is 35.5 Å². The number of rotatable bonds is 7. The Morgan fingerprint density at radius 3 is 2.48 bits per heavy atom. The van der Waals surface area contributed by atoms with E-state index in [1.54, 1.807) is 31.3 Å². The highest BCUT2D eigenvalue weighted by atomic mass is 32.2. The van der Waals surface area contributed by atoms with E-state index < -0.39 is 10.0 Å². The van der Waals surface area contributed by atoms with Crippen molar-refractivity contribution in [2.75, 3.05) is 6.54 Å². The topological polar surface area (TPSA) is 88.9 Å². The van der Waals surface area contributed by atoms with Crippen molar-refractivity contribution >= 4 is 10.0 Å². The summed E-state index contributed by atoms with van der Waals surface area (Å²) in [6.45, 7) is 3.69. The number of aryl methyl sites for hydroxylation is 1. The molecule has 1 heterocycles. The molecule has 0 radical (unpaired) electrons. The van der Waals surface area contributed by atoms with E-state index in [-0.39, 0.29) is 11.4 Å². The summed E-state index contributed by atoms with van der Waals surface area (Å²) in [6.07, 6.45) is 1.53. The Hall–Kier alpha value is -1.77. The van der Waals surface area contributed by atoms with Gasteiger partial charge in [0, 0.05) is 13.6 Å². The van der Waals surface area contributed by atoms with Crippen LogP contribution >= 0.6 is 0 Å². The van der Waals surface area contributed by atoms with Gasteiger partial charge in [-0.1, -0.05) is 19.1 Å². The van der Waals surface area contributed by atoms with Gasteiger partial charge in [0.2, 0.25) is 10.0 Å². The fourth-order valence-corrected chi connectivity index (χ4v) is 2.74. The maximum Gasteiger partial charge on any atom is 0.240 e. The van der Waals surface area contributed by atoms with Crippen molar-refractivity contribution in [3.8, 4) is 0 Å². The second-order valence-corrected chi connectivity index (χ2v) is 6.35. The highest BCUT2D eigenvalue weighted by Crippen LogP contribution is 2.10. The summed E-state index contributed by atoms with van der Waals surface area (Å²) in [5.41, 5.74) is 1.04. The fourth-order valence-electron chi connectivity index (χ4n) is 1.76. The molecule has 0 aliphatic heterocycles. The Bertz CT molecular complexity index is 679. The van der Waals surface area contributed by atoms with Gasteiger partial charge >= 0.3 is 0 Å². The first-order valence-electron chi connectivity index (χ1n) is 6.65. The molecule has 0 spiro atoms. The number of nitrogens with one attached hydrogen (secondary N) is 2. The summed E-state index contributed by atoms with van der Waals surface area (Å²) in [5.74, 6) is 0.435. The average molecular weight is 309 g/mol. The monoisotopic (exact) mass is 309 g/mol. The molecular formula is C13H19N5O2S. The average Bonchev–Trinajstić information content (AvgIpc) is 2.89. The number of sulfonamides is 1. The lowest BCUT2D eigenvalue weighted by Gasteiger charge is -2.07. The van der Waals surface area contributed by atoms with Gasteiger partial charge in [-0.2, -0.15) is 5.10 Å². The highest BCUT2D eigenvalue weighted by Gasteiger charge is 2.14. The smallest absolute Gasteiger partial charge is 0.240 e. The van der Waals surface area contributed by atoms with Crippen LogP contribution < -0.4 is 10.0 Å². The van der Waals surface area contributed by atoms with Crippen molar-refractivity contribution in [1.29, 1.82) is 0 Å². The van der Waals surface area contributed by atoms with Crippen molar-refractivity contribution in [3.63, 3.8) is 0 Å². The molecule has 0 saturated heterocycles. The molecule has 0 saturated carbocycles. The molecule has 114 valence electrons. The molecule has 2 rings (SSSR count). The molecule has 0 fully saturated rings. The first kappa shape index (κ1) is 15.6. The van der Waals surface area contributed by atoms with E-state index in [0.29, 0.717) is 5.82 Å². The maximum absolute atomic E-state index is 12.1. The minimum Gasteiger partial charge on any atom is -0.313 e. The highest BCUT2D eigenvalue weighted by molar-refractivity contribution is 7.89. The summed E-state index contributed by atoms with van der Waals surface area (Å²) >= 11 is 0. The molecule has 21 heavy (non-hydrogen) atoms. The van der Waals surface area contributed by atoms with E-state index in [2.05, 4.69) is 20.1 Å². The predicted molar refractivity (Wildman–Crippen MR) is 78.9 cm³/mol. The van der Waals surface area contributed by atoms with Crippen molar-refractivity contribution < 1.29 is 8.42 Å². The van der Waals surface area contributed by atoms with Crippen LogP contribution in [0, 0.1) is 0 Å². The summed E-state index contributed by atoms with van der Waals surface area (Å²) in [5, 5.41) is 7.21. The Balaban J connectivity index is 2.01. The quantitative estimate of drug-likeness (QED) is 0.773. The number of aromatic nitrogens is 3. The molecule has 0 unspecified atom stereocenters. The van der Waals surface area contributed by atoms with Gasteiger partial charge in [0.1, 0.15) is 6.33 Å². The molecule has 1 aromatic carbocycles. The Labute approximate surface area is 124 Å². The van der Waals surface area contributed by atoms with Gasteiger partial charge in [-0.05, 0) is 24.2 Å². The van der Waals surface area contributed by atoms with E-state index in [9.17, 15) is 8.42 Å². The number of hydrogen-bond donors (Lipinski definition) is 2. The van der Waals surface area contributed by atoms with Crippen molar-refractivity contribution in [2.45, 2.75) is 24.9 Å². The Kier molecular flexibility index (Phi) is 5.05. The molecule has 0 bridgehead atoms. The van der Waals surface area contributed by atoms with Crippen LogP contribution in [-0.2, 0) is 30.2 Å². The molecule has 8 heteroatoms. The summed E-state index contributed by atoms with van der Waals surface area (Å²) in [4.78, 5) is 4.21. The standard InChI is InChI=1S/C13H19N5O2S/c1-3-14-8-11-4-6-12(7-5-11)21(19,20)16-9-13-15-10-18(2)17-13/h4-7,10,14,16H,3,8-9H2,1-2H3. The lowest BCUT2D eigenvalue weighted by molar-refractivity contribution is 0.578. The van der Waals surface area contributed by atoms with Gasteiger partial charge in [0.05, 0.1) is 11.4 Å². The van der Waals surface area contributed by atoms with Crippen molar-refractivity contribution in [3.05, 3.63) is 42.0 Å². The van der Waals surface area contributed by atoms with Gasteiger partial charge in [-0.15, -0.1) is 0 Å². The summed E-state index contributed by atoms with van der Waals surface area (Å²) in [6, 6.07) is 6.80. The van der Waals surface area contributed by atoms with Gasteiger partial charge in [-0.3, -0.25) is 4.68 Å². The fraction of sp³-hybridized carbons (Fsp3) is 0.385. The van der Waals surface area contributed by atoms with Gasteiger partial charge in [0.15, 0.2) is 5.82 Å². The maximum atomic E-state index is 12.1. The van der Waals surface area contributed by atoms with Gasteiger partial charge in [0.25, 0.3) is 0 Å². The SMILES string of the molecule is CCNCc1ccc(S(=O)(=O)NCc2ncn(C)n2)cc1. The second-order valence-electron chi connectivity index (χ2n) is 4.58. The molecular weight excluding hydrogens is 290 g/mol. The van der Waals surface area contributed by atoms with Gasteiger partial charge in [-0.25, -0.2) is 18.1 Å². The number of benzene rings is 1. The van der Waals surface area contributed by atoms with E-state index in [1.807, 2.05) is 6.92 Å². The molecule has 0 aliphatic rings. The van der Waals surface area contributed by atoms with Crippen LogP contribution in [0.4, 0.5) is 0 Å². The minimum absolute atomic E-state index is 0.0717. The van der Waals surface area contributed by atoms with Crippen molar-refractivity contribution in [2.24, 2.45) is 7.05 Å². The lowest BCUT2D eigenvalue weighted by atomic mass is 10.2. The normalized spacial score (nSPS) is 11.7. The molecule has 0 aliphatic carbocycles. The number of hydrogen-bond acceptors (Lipinski definition) is 5. The summed E-state index contributed by atoms with van der Waals surface area (Å²) in [7, 11) is -1.82. The third kappa shape index (κ3) is 4.35. The summed E-state index contributed by atoms with van der Waals surface area (Å²) < 4.78 is 28.3. The lowest BCUT2D eigenvalue weighted by Crippen LogP contribution is -2.24. The van der Waals surface area contributed by atoms with E-state index >= 15 is 0 Å². The molecule has 2 N–H and O–H groups in total.